The molecule has 3 aromatic heterocycles. The van der Waals surface area contributed by atoms with E-state index in [0.29, 0.717) is 5.92 Å². The van der Waals surface area contributed by atoms with Crippen LogP contribution in [0.3, 0.4) is 0 Å². The van der Waals surface area contributed by atoms with Crippen molar-refractivity contribution in [2.75, 3.05) is 0 Å². The molecule has 0 amide bonds. The number of hydrogen-bond donors (Lipinski definition) is 0. The lowest BCUT2D eigenvalue weighted by atomic mass is 9.84. The first-order valence-corrected chi connectivity index (χ1v) is 13.1. The summed E-state index contributed by atoms with van der Waals surface area (Å²) in [6.45, 7) is 13.8. The Morgan fingerprint density at radius 1 is 0.806 bits per heavy atom. The molecule has 4 aromatic carbocycles. The molecule has 0 saturated heterocycles. The Labute approximate surface area is 211 Å². The Kier molecular flexibility index (Phi) is 4.32. The molecule has 0 aliphatic rings. The highest BCUT2D eigenvalue weighted by Crippen LogP contribution is 2.45. The number of hydrogen-bond acceptors (Lipinski definition) is 1. The molecule has 2 heteroatoms. The van der Waals surface area contributed by atoms with Gasteiger partial charge in [-0.1, -0.05) is 82.6 Å². The number of rotatable bonds is 2. The maximum atomic E-state index is 5.04. The van der Waals surface area contributed by atoms with Gasteiger partial charge in [0.05, 0.1) is 22.1 Å². The quantitative estimate of drug-likeness (QED) is 0.182. The van der Waals surface area contributed by atoms with E-state index in [4.69, 9.17) is 4.98 Å². The Balaban J connectivity index is 1.88. The van der Waals surface area contributed by atoms with Gasteiger partial charge in [0.2, 0.25) is 0 Å². The summed E-state index contributed by atoms with van der Waals surface area (Å²) < 4.78 is 2.59. The molecule has 0 saturated carbocycles. The molecule has 0 aliphatic heterocycles. The monoisotopic (exact) mass is 468 g/mol. The average Bonchev–Trinajstić information content (AvgIpc) is 3.17. The average molecular weight is 469 g/mol. The fraction of sp³-hybridized carbons (Fsp3) is 0.265. The van der Waals surface area contributed by atoms with E-state index in [0.717, 1.165) is 11.9 Å². The van der Waals surface area contributed by atoms with Crippen molar-refractivity contribution in [3.8, 4) is 0 Å². The van der Waals surface area contributed by atoms with E-state index in [9.17, 15) is 0 Å². The van der Waals surface area contributed by atoms with Gasteiger partial charge in [-0.3, -0.25) is 4.98 Å². The zero-order valence-corrected chi connectivity index (χ0v) is 22.0. The smallest absolute Gasteiger partial charge is 0.0823 e. The molecule has 0 radical (unpaired) electrons. The van der Waals surface area contributed by atoms with Crippen molar-refractivity contribution in [1.29, 1.82) is 0 Å². The SMILES string of the molecule is Cc1ccc2c(CC(C)(C)C)c3c(cc2c1)c1nccc2ccc4c5c(C(C)C)cccc5n3c4c21. The van der Waals surface area contributed by atoms with Gasteiger partial charge in [0.15, 0.2) is 0 Å². The minimum Gasteiger partial charge on any atom is -0.308 e. The van der Waals surface area contributed by atoms with Gasteiger partial charge in [0.25, 0.3) is 0 Å². The van der Waals surface area contributed by atoms with Gasteiger partial charge in [-0.15, -0.1) is 0 Å². The third-order valence-electron chi connectivity index (χ3n) is 7.89. The van der Waals surface area contributed by atoms with Gasteiger partial charge < -0.3 is 4.40 Å². The molecule has 2 nitrogen and oxygen atoms in total. The van der Waals surface area contributed by atoms with Crippen LogP contribution >= 0.6 is 0 Å². The molecule has 0 N–H and O–H groups in total. The van der Waals surface area contributed by atoms with Crippen molar-refractivity contribution in [3.05, 3.63) is 83.6 Å². The number of pyridine rings is 2. The van der Waals surface area contributed by atoms with Gasteiger partial charge in [-0.2, -0.15) is 0 Å². The molecule has 36 heavy (non-hydrogen) atoms. The standard InChI is InChI=1S/C34H32N2/c1-19(2)23-8-7-9-28-30(23)25-13-11-21-14-15-35-31-26-17-22-16-20(3)10-12-24(22)27(18-34(4,5)6)32(26)36(28)33(25)29(21)31/h7-17,19H,18H2,1-6H3. The summed E-state index contributed by atoms with van der Waals surface area (Å²) >= 11 is 0. The summed E-state index contributed by atoms with van der Waals surface area (Å²) in [7, 11) is 0. The predicted molar refractivity (Wildman–Crippen MR) is 156 cm³/mol. The van der Waals surface area contributed by atoms with Crippen molar-refractivity contribution >= 4 is 59.8 Å². The van der Waals surface area contributed by atoms with E-state index < -0.39 is 0 Å². The Bertz CT molecular complexity index is 1980. The van der Waals surface area contributed by atoms with E-state index in [1.807, 2.05) is 6.20 Å². The van der Waals surface area contributed by atoms with Crippen molar-refractivity contribution in [2.24, 2.45) is 5.41 Å². The van der Waals surface area contributed by atoms with Crippen LogP contribution in [-0.2, 0) is 6.42 Å². The predicted octanol–water partition coefficient (Wildman–Crippen LogP) is 9.56. The zero-order valence-electron chi connectivity index (χ0n) is 22.0. The molecule has 0 fully saturated rings. The number of aromatic nitrogens is 2. The fourth-order valence-corrected chi connectivity index (χ4v) is 6.50. The van der Waals surface area contributed by atoms with Crippen LogP contribution in [0.4, 0.5) is 0 Å². The van der Waals surface area contributed by atoms with Crippen molar-refractivity contribution in [1.82, 2.24) is 9.38 Å². The second-order valence-electron chi connectivity index (χ2n) is 12.2. The van der Waals surface area contributed by atoms with Crippen LogP contribution in [0, 0.1) is 12.3 Å². The van der Waals surface area contributed by atoms with Gasteiger partial charge in [-0.25, -0.2) is 0 Å². The molecule has 0 spiro atoms. The molecule has 3 heterocycles. The molecule has 7 aromatic rings. The van der Waals surface area contributed by atoms with Crippen LogP contribution in [0.25, 0.3) is 59.8 Å². The van der Waals surface area contributed by atoms with Gasteiger partial charge in [0.1, 0.15) is 0 Å². The molecule has 0 bridgehead atoms. The molecule has 178 valence electrons. The maximum absolute atomic E-state index is 5.04. The molecule has 0 unspecified atom stereocenters. The van der Waals surface area contributed by atoms with Crippen LogP contribution in [-0.4, -0.2) is 9.38 Å². The Morgan fingerprint density at radius 3 is 2.39 bits per heavy atom. The number of fused-ring (bicyclic) bond motifs is 7. The lowest BCUT2D eigenvalue weighted by molar-refractivity contribution is 0.413. The van der Waals surface area contributed by atoms with Crippen LogP contribution in [0.1, 0.15) is 57.2 Å². The molecular formula is C34H32N2. The summed E-state index contributed by atoms with van der Waals surface area (Å²) in [5.41, 5.74) is 9.34. The lowest BCUT2D eigenvalue weighted by Crippen LogP contribution is -2.11. The normalized spacial score (nSPS) is 13.1. The third-order valence-corrected chi connectivity index (χ3v) is 7.89. The van der Waals surface area contributed by atoms with Gasteiger partial charge >= 0.3 is 0 Å². The summed E-state index contributed by atoms with van der Waals surface area (Å²) in [5.74, 6) is 0.450. The van der Waals surface area contributed by atoms with Gasteiger partial charge in [0, 0.05) is 27.7 Å². The van der Waals surface area contributed by atoms with Crippen LogP contribution in [0.2, 0.25) is 0 Å². The van der Waals surface area contributed by atoms with Crippen LogP contribution in [0.5, 0.6) is 0 Å². The first-order chi connectivity index (χ1) is 17.2. The molecular weight excluding hydrogens is 436 g/mol. The van der Waals surface area contributed by atoms with E-state index in [2.05, 4.69) is 107 Å². The van der Waals surface area contributed by atoms with Crippen molar-refractivity contribution in [2.45, 2.75) is 53.9 Å². The largest absolute Gasteiger partial charge is 0.308 e. The van der Waals surface area contributed by atoms with Crippen LogP contribution < -0.4 is 0 Å². The fourth-order valence-electron chi connectivity index (χ4n) is 6.50. The number of benzene rings is 4. The van der Waals surface area contributed by atoms with Crippen LogP contribution in [0.15, 0.2) is 66.9 Å². The van der Waals surface area contributed by atoms with E-state index >= 15 is 0 Å². The van der Waals surface area contributed by atoms with Crippen molar-refractivity contribution < 1.29 is 0 Å². The zero-order chi connectivity index (χ0) is 24.9. The Morgan fingerprint density at radius 2 is 1.61 bits per heavy atom. The topological polar surface area (TPSA) is 17.3 Å². The molecule has 7 rings (SSSR count). The van der Waals surface area contributed by atoms with E-state index in [-0.39, 0.29) is 5.41 Å². The van der Waals surface area contributed by atoms with E-state index in [1.54, 1.807) is 0 Å². The lowest BCUT2D eigenvalue weighted by Gasteiger charge is -2.23. The molecule has 0 aliphatic carbocycles. The van der Waals surface area contributed by atoms with E-state index in [1.165, 1.54) is 70.9 Å². The first kappa shape index (κ1) is 21.6. The van der Waals surface area contributed by atoms with Gasteiger partial charge in [-0.05, 0) is 70.2 Å². The Hall–Kier alpha value is -3.65. The molecule has 0 atom stereocenters. The van der Waals surface area contributed by atoms with Crippen molar-refractivity contribution in [3.63, 3.8) is 0 Å². The second kappa shape index (κ2) is 7.20. The highest BCUT2D eigenvalue weighted by molar-refractivity contribution is 6.29. The maximum Gasteiger partial charge on any atom is 0.0823 e. The number of aryl methyl sites for hydroxylation is 1. The summed E-state index contributed by atoms with van der Waals surface area (Å²) in [4.78, 5) is 5.04. The summed E-state index contributed by atoms with van der Waals surface area (Å²) in [5, 5.41) is 9.19. The highest BCUT2D eigenvalue weighted by Gasteiger charge is 2.25. The number of nitrogens with zero attached hydrogens (tertiary/aromatic N) is 2. The minimum atomic E-state index is 0.147. The third kappa shape index (κ3) is 2.88. The first-order valence-electron chi connectivity index (χ1n) is 13.1. The second-order valence-corrected chi connectivity index (χ2v) is 12.2. The summed E-state index contributed by atoms with van der Waals surface area (Å²) in [6.07, 6.45) is 2.98. The minimum absolute atomic E-state index is 0.147. The highest BCUT2D eigenvalue weighted by atomic mass is 14.9. The summed E-state index contributed by atoms with van der Waals surface area (Å²) in [6, 6.07) is 23.0.